The summed E-state index contributed by atoms with van der Waals surface area (Å²) in [6.45, 7) is 0. The highest BCUT2D eigenvalue weighted by molar-refractivity contribution is 5.85. The molecule has 0 atom stereocenters. The van der Waals surface area contributed by atoms with Gasteiger partial charge in [0.25, 0.3) is 0 Å². The van der Waals surface area contributed by atoms with Crippen molar-refractivity contribution >= 4 is 11.8 Å². The summed E-state index contributed by atoms with van der Waals surface area (Å²) in [5, 5.41) is 13.9. The third-order valence-corrected chi connectivity index (χ3v) is 2.64. The van der Waals surface area contributed by atoms with E-state index in [-0.39, 0.29) is 5.95 Å². The summed E-state index contributed by atoms with van der Waals surface area (Å²) in [7, 11) is 0. The molecule has 0 aliphatic rings. The minimum Gasteiger partial charge on any atom is -0.383 e. The maximum atomic E-state index is 5.88. The summed E-state index contributed by atoms with van der Waals surface area (Å²) in [5.41, 5.74) is 13.7. The Bertz CT molecular complexity index is 706. The van der Waals surface area contributed by atoms with Crippen LogP contribution in [-0.2, 0) is 0 Å². The summed E-state index contributed by atoms with van der Waals surface area (Å²) >= 11 is 0. The number of rotatable bonds is 2. The highest BCUT2D eigenvalue weighted by atomic mass is 15.5. The van der Waals surface area contributed by atoms with Crippen LogP contribution in [0.2, 0.25) is 0 Å². The van der Waals surface area contributed by atoms with Gasteiger partial charge < -0.3 is 11.5 Å². The third kappa shape index (κ3) is 1.95. The van der Waals surface area contributed by atoms with E-state index in [1.165, 1.54) is 0 Å². The molecular weight excluding hydrogens is 244 g/mol. The Morgan fingerprint density at radius 1 is 1.00 bits per heavy atom. The molecule has 0 saturated carbocycles. The Balaban J connectivity index is 2.21. The van der Waals surface area contributed by atoms with Gasteiger partial charge in [0.2, 0.25) is 11.8 Å². The fourth-order valence-electron chi connectivity index (χ4n) is 1.81. The summed E-state index contributed by atoms with van der Waals surface area (Å²) in [6, 6.07) is 7.52. The van der Waals surface area contributed by atoms with Crippen molar-refractivity contribution in [2.45, 2.75) is 0 Å². The topological polar surface area (TPSA) is 132 Å². The van der Waals surface area contributed by atoms with Crippen LogP contribution < -0.4 is 11.5 Å². The Labute approximate surface area is 107 Å². The van der Waals surface area contributed by atoms with E-state index >= 15 is 0 Å². The van der Waals surface area contributed by atoms with E-state index in [0.717, 1.165) is 11.1 Å². The zero-order valence-electron chi connectivity index (χ0n) is 9.78. The van der Waals surface area contributed by atoms with Crippen molar-refractivity contribution in [2.75, 3.05) is 11.5 Å². The molecule has 0 unspecified atom stereocenters. The number of nitrogens with two attached hydrogens (primary N) is 2. The van der Waals surface area contributed by atoms with Crippen LogP contribution in [0.1, 0.15) is 0 Å². The van der Waals surface area contributed by atoms with Gasteiger partial charge >= 0.3 is 0 Å². The highest BCUT2D eigenvalue weighted by Gasteiger charge is 2.13. The zero-order valence-corrected chi connectivity index (χ0v) is 9.78. The first-order chi connectivity index (χ1) is 9.25. The van der Waals surface area contributed by atoms with Gasteiger partial charge in [-0.3, -0.25) is 0 Å². The number of aromatic amines is 1. The lowest BCUT2D eigenvalue weighted by atomic mass is 10.0. The predicted molar refractivity (Wildman–Crippen MR) is 69.5 cm³/mol. The predicted octanol–water partition coefficient (Wildman–Crippen LogP) is 0.488. The summed E-state index contributed by atoms with van der Waals surface area (Å²) in [4.78, 5) is 7.91. The number of tetrazole rings is 1. The summed E-state index contributed by atoms with van der Waals surface area (Å²) in [6.07, 6.45) is 1.58. The normalized spacial score (nSPS) is 10.5. The van der Waals surface area contributed by atoms with E-state index in [1.807, 2.05) is 24.3 Å². The molecule has 94 valence electrons. The van der Waals surface area contributed by atoms with Crippen LogP contribution in [0.25, 0.3) is 22.5 Å². The lowest BCUT2D eigenvalue weighted by Crippen LogP contribution is -2.01. The van der Waals surface area contributed by atoms with Crippen LogP contribution in [0, 0.1) is 0 Å². The van der Waals surface area contributed by atoms with E-state index in [2.05, 4.69) is 30.6 Å². The third-order valence-electron chi connectivity index (χ3n) is 2.64. The fraction of sp³-hybridized carbons (Fsp3) is 0. The molecule has 0 fully saturated rings. The molecule has 0 aliphatic heterocycles. The van der Waals surface area contributed by atoms with Crippen LogP contribution in [-0.4, -0.2) is 30.6 Å². The molecule has 3 aromatic rings. The first-order valence-electron chi connectivity index (χ1n) is 5.47. The number of hydrogen-bond donors (Lipinski definition) is 3. The minimum atomic E-state index is 0.137. The molecule has 2 aromatic heterocycles. The molecular formula is C11H10N8. The average molecular weight is 254 g/mol. The Kier molecular flexibility index (Phi) is 2.53. The van der Waals surface area contributed by atoms with Gasteiger partial charge in [-0.2, -0.15) is 10.2 Å². The Hall–Kier alpha value is -3.03. The first kappa shape index (κ1) is 11.1. The van der Waals surface area contributed by atoms with Crippen molar-refractivity contribution in [2.24, 2.45) is 0 Å². The number of H-pyrrole nitrogens is 1. The molecule has 0 radical (unpaired) electrons. The second-order valence-electron chi connectivity index (χ2n) is 3.81. The molecule has 19 heavy (non-hydrogen) atoms. The molecule has 0 bridgehead atoms. The fourth-order valence-corrected chi connectivity index (χ4v) is 1.81. The Morgan fingerprint density at radius 3 is 2.47 bits per heavy atom. The smallest absolute Gasteiger partial charge is 0.221 e. The van der Waals surface area contributed by atoms with Gasteiger partial charge in [0.05, 0.1) is 0 Å². The number of hydrogen-bond acceptors (Lipinski definition) is 7. The van der Waals surface area contributed by atoms with E-state index in [1.54, 1.807) is 6.20 Å². The highest BCUT2D eigenvalue weighted by Crippen LogP contribution is 2.32. The van der Waals surface area contributed by atoms with E-state index in [0.29, 0.717) is 17.2 Å². The van der Waals surface area contributed by atoms with Gasteiger partial charge in [-0.15, -0.1) is 10.2 Å². The molecule has 2 heterocycles. The van der Waals surface area contributed by atoms with Crippen molar-refractivity contribution in [3.05, 3.63) is 30.5 Å². The van der Waals surface area contributed by atoms with Gasteiger partial charge in [0.15, 0.2) is 0 Å². The van der Waals surface area contributed by atoms with Crippen LogP contribution in [0.4, 0.5) is 11.8 Å². The molecule has 0 spiro atoms. The minimum absolute atomic E-state index is 0.137. The standard InChI is InChI=1S/C11H10N8/c12-9-8(5-14-11(13)15-9)6-3-1-2-4-7(6)10-16-18-19-17-10/h1-5H,(H4,12,13,14,15)(H,16,17,18,19). The van der Waals surface area contributed by atoms with Crippen molar-refractivity contribution in [1.82, 2.24) is 30.6 Å². The van der Waals surface area contributed by atoms with Gasteiger partial charge in [-0.05, 0) is 10.8 Å². The van der Waals surface area contributed by atoms with Gasteiger partial charge in [-0.25, -0.2) is 4.98 Å². The number of nitrogens with one attached hydrogen (secondary N) is 1. The van der Waals surface area contributed by atoms with Crippen molar-refractivity contribution in [1.29, 1.82) is 0 Å². The maximum absolute atomic E-state index is 5.88. The summed E-state index contributed by atoms with van der Waals surface area (Å²) in [5.74, 6) is 0.925. The van der Waals surface area contributed by atoms with Crippen LogP contribution in [0.5, 0.6) is 0 Å². The van der Waals surface area contributed by atoms with Gasteiger partial charge in [0.1, 0.15) is 5.82 Å². The lowest BCUT2D eigenvalue weighted by molar-refractivity contribution is 0.881. The SMILES string of the molecule is Nc1ncc(-c2ccccc2-c2nn[nH]n2)c(N)n1. The lowest BCUT2D eigenvalue weighted by Gasteiger charge is -2.08. The number of nitrogen functional groups attached to an aromatic ring is 2. The van der Waals surface area contributed by atoms with E-state index in [4.69, 9.17) is 11.5 Å². The molecule has 8 heteroatoms. The van der Waals surface area contributed by atoms with E-state index in [9.17, 15) is 0 Å². The molecule has 1 aromatic carbocycles. The monoisotopic (exact) mass is 254 g/mol. The maximum Gasteiger partial charge on any atom is 0.221 e. The van der Waals surface area contributed by atoms with E-state index < -0.39 is 0 Å². The molecule has 8 nitrogen and oxygen atoms in total. The largest absolute Gasteiger partial charge is 0.383 e. The molecule has 3 rings (SSSR count). The Morgan fingerprint density at radius 2 is 1.79 bits per heavy atom. The van der Waals surface area contributed by atoms with Gasteiger partial charge in [-0.1, -0.05) is 24.3 Å². The van der Waals surface area contributed by atoms with Crippen molar-refractivity contribution in [3.8, 4) is 22.5 Å². The second kappa shape index (κ2) is 4.33. The number of nitrogens with zero attached hydrogens (tertiary/aromatic N) is 5. The molecule has 5 N–H and O–H groups in total. The quantitative estimate of drug-likeness (QED) is 0.606. The molecule has 0 aliphatic carbocycles. The van der Waals surface area contributed by atoms with Gasteiger partial charge in [0, 0.05) is 17.3 Å². The van der Waals surface area contributed by atoms with Crippen LogP contribution in [0.3, 0.4) is 0 Å². The van der Waals surface area contributed by atoms with Crippen LogP contribution >= 0.6 is 0 Å². The average Bonchev–Trinajstić information content (AvgIpc) is 2.93. The summed E-state index contributed by atoms with van der Waals surface area (Å²) < 4.78 is 0. The first-order valence-corrected chi connectivity index (χ1v) is 5.47. The number of benzene rings is 1. The van der Waals surface area contributed by atoms with Crippen LogP contribution in [0.15, 0.2) is 30.5 Å². The van der Waals surface area contributed by atoms with Crippen molar-refractivity contribution in [3.63, 3.8) is 0 Å². The molecule has 0 amide bonds. The number of aromatic nitrogens is 6. The number of anilines is 2. The second-order valence-corrected chi connectivity index (χ2v) is 3.81. The molecule has 0 saturated heterocycles. The van der Waals surface area contributed by atoms with Crippen molar-refractivity contribution < 1.29 is 0 Å². The zero-order chi connectivity index (χ0) is 13.2.